The number of likely N-dealkylation sites (tertiary alicyclic amines) is 1. The first kappa shape index (κ1) is 13.3. The van der Waals surface area contributed by atoms with Crippen LogP contribution in [0.5, 0.6) is 0 Å². The molecule has 1 saturated heterocycles. The number of hydrogen-bond donors (Lipinski definition) is 2. The zero-order valence-corrected chi connectivity index (χ0v) is 11.5. The second-order valence-corrected chi connectivity index (χ2v) is 5.44. The summed E-state index contributed by atoms with van der Waals surface area (Å²) >= 11 is 0. The number of nitrogens with zero attached hydrogens (tertiary/aromatic N) is 3. The number of hydrogen-bond acceptors (Lipinski definition) is 5. The van der Waals surface area contributed by atoms with Crippen LogP contribution in [0.3, 0.4) is 0 Å². The van der Waals surface area contributed by atoms with E-state index in [0.717, 1.165) is 49.2 Å². The van der Waals surface area contributed by atoms with Crippen LogP contribution in [-0.2, 0) is 6.54 Å². The van der Waals surface area contributed by atoms with E-state index in [1.54, 1.807) is 0 Å². The monoisotopic (exact) mass is 272 g/mol. The van der Waals surface area contributed by atoms with Crippen molar-refractivity contribution in [1.82, 2.24) is 14.9 Å². The lowest BCUT2D eigenvalue weighted by atomic mass is 10.1. The van der Waals surface area contributed by atoms with Crippen LogP contribution in [0.25, 0.3) is 10.9 Å². The molecule has 1 atom stereocenters. The van der Waals surface area contributed by atoms with Crippen LogP contribution in [0.1, 0.15) is 18.7 Å². The van der Waals surface area contributed by atoms with Gasteiger partial charge in [-0.1, -0.05) is 12.1 Å². The van der Waals surface area contributed by atoms with Gasteiger partial charge in [-0.15, -0.1) is 0 Å². The number of nitrogens with two attached hydrogens (primary N) is 1. The van der Waals surface area contributed by atoms with Crippen LogP contribution < -0.4 is 5.73 Å². The van der Waals surface area contributed by atoms with Crippen molar-refractivity contribution in [1.29, 1.82) is 0 Å². The molecule has 5 nitrogen and oxygen atoms in total. The maximum Gasteiger partial charge on any atom is 0.145 e. The van der Waals surface area contributed by atoms with Crippen molar-refractivity contribution in [3.8, 4) is 0 Å². The number of anilines is 1. The fraction of sp³-hybridized carbons (Fsp3) is 0.467. The lowest BCUT2D eigenvalue weighted by Gasteiger charge is -2.15. The Kier molecular flexibility index (Phi) is 3.80. The molecule has 0 spiro atoms. The van der Waals surface area contributed by atoms with Gasteiger partial charge in [-0.05, 0) is 37.4 Å². The molecule has 5 heteroatoms. The van der Waals surface area contributed by atoms with Crippen LogP contribution in [0, 0.1) is 5.92 Å². The van der Waals surface area contributed by atoms with E-state index in [4.69, 9.17) is 10.8 Å². The average Bonchev–Trinajstić information content (AvgIpc) is 2.87. The Hall–Kier alpha value is -1.72. The molecule has 0 amide bonds. The van der Waals surface area contributed by atoms with Crippen molar-refractivity contribution in [2.45, 2.75) is 19.4 Å². The summed E-state index contributed by atoms with van der Waals surface area (Å²) in [5.41, 5.74) is 6.91. The Bertz CT molecular complexity index is 601. The first-order valence-corrected chi connectivity index (χ1v) is 7.10. The molecule has 1 aliphatic rings. The highest BCUT2D eigenvalue weighted by molar-refractivity contribution is 5.87. The third kappa shape index (κ3) is 2.73. The first-order valence-electron chi connectivity index (χ1n) is 7.10. The molecule has 0 saturated carbocycles. The summed E-state index contributed by atoms with van der Waals surface area (Å²) < 4.78 is 0. The Balaban J connectivity index is 1.75. The van der Waals surface area contributed by atoms with Crippen molar-refractivity contribution in [2.75, 3.05) is 25.4 Å². The van der Waals surface area contributed by atoms with Crippen LogP contribution in [-0.4, -0.2) is 39.7 Å². The number of para-hydroxylation sites is 1. The molecular weight excluding hydrogens is 252 g/mol. The fourth-order valence-corrected chi connectivity index (χ4v) is 2.90. The molecule has 0 radical (unpaired) electrons. The standard InChI is InChI=1S/C15H20N4O/c16-15-12-3-1-2-4-13(12)17-14(18-15)10-19-7-5-11(9-19)6-8-20/h1-4,11,20H,5-10H2,(H2,16,17,18). The number of aliphatic hydroxyl groups is 1. The van der Waals surface area contributed by atoms with E-state index in [0.29, 0.717) is 11.7 Å². The molecule has 1 unspecified atom stereocenters. The van der Waals surface area contributed by atoms with E-state index in [-0.39, 0.29) is 6.61 Å². The number of nitrogen functional groups attached to an aromatic ring is 1. The fourth-order valence-electron chi connectivity index (χ4n) is 2.90. The quantitative estimate of drug-likeness (QED) is 0.880. The number of aliphatic hydroxyl groups excluding tert-OH is 1. The second kappa shape index (κ2) is 5.73. The molecule has 1 aliphatic heterocycles. The van der Waals surface area contributed by atoms with Crippen LogP contribution in [0.15, 0.2) is 24.3 Å². The van der Waals surface area contributed by atoms with Gasteiger partial charge in [0.1, 0.15) is 11.6 Å². The maximum atomic E-state index is 9.00. The Morgan fingerprint density at radius 1 is 1.30 bits per heavy atom. The number of rotatable bonds is 4. The van der Waals surface area contributed by atoms with Gasteiger partial charge in [0, 0.05) is 18.5 Å². The lowest BCUT2D eigenvalue weighted by Crippen LogP contribution is -2.22. The van der Waals surface area contributed by atoms with E-state index in [2.05, 4.69) is 14.9 Å². The maximum absolute atomic E-state index is 9.00. The summed E-state index contributed by atoms with van der Waals surface area (Å²) in [6, 6.07) is 7.82. The molecule has 1 fully saturated rings. The number of fused-ring (bicyclic) bond motifs is 1. The van der Waals surface area contributed by atoms with Crippen molar-refractivity contribution in [2.24, 2.45) is 5.92 Å². The van der Waals surface area contributed by atoms with Crippen molar-refractivity contribution in [3.63, 3.8) is 0 Å². The van der Waals surface area contributed by atoms with Crippen molar-refractivity contribution >= 4 is 16.7 Å². The van der Waals surface area contributed by atoms with E-state index < -0.39 is 0 Å². The number of aromatic nitrogens is 2. The van der Waals surface area contributed by atoms with Gasteiger partial charge < -0.3 is 10.8 Å². The molecular formula is C15H20N4O. The highest BCUT2D eigenvalue weighted by Crippen LogP contribution is 2.22. The molecule has 2 heterocycles. The molecule has 3 N–H and O–H groups in total. The van der Waals surface area contributed by atoms with Crippen LogP contribution in [0.2, 0.25) is 0 Å². The highest BCUT2D eigenvalue weighted by Gasteiger charge is 2.22. The summed E-state index contributed by atoms with van der Waals surface area (Å²) in [5.74, 6) is 1.93. The second-order valence-electron chi connectivity index (χ2n) is 5.44. The van der Waals surface area contributed by atoms with Gasteiger partial charge in [0.25, 0.3) is 0 Å². The third-order valence-corrected chi connectivity index (χ3v) is 3.95. The predicted octanol–water partition coefficient (Wildman–Crippen LogP) is 1.42. The van der Waals surface area contributed by atoms with Crippen molar-refractivity contribution < 1.29 is 5.11 Å². The Labute approximate surface area is 118 Å². The zero-order valence-electron chi connectivity index (χ0n) is 11.5. The minimum absolute atomic E-state index is 0.276. The van der Waals surface area contributed by atoms with Gasteiger partial charge in [-0.25, -0.2) is 9.97 Å². The van der Waals surface area contributed by atoms with Gasteiger partial charge in [0.15, 0.2) is 0 Å². The zero-order chi connectivity index (χ0) is 13.9. The highest BCUT2D eigenvalue weighted by atomic mass is 16.3. The Morgan fingerprint density at radius 3 is 3.00 bits per heavy atom. The summed E-state index contributed by atoms with van der Waals surface area (Å²) in [4.78, 5) is 11.3. The summed E-state index contributed by atoms with van der Waals surface area (Å²) in [6.07, 6.45) is 2.03. The van der Waals surface area contributed by atoms with E-state index in [1.165, 1.54) is 0 Å². The molecule has 1 aromatic heterocycles. The molecule has 20 heavy (non-hydrogen) atoms. The Morgan fingerprint density at radius 2 is 2.15 bits per heavy atom. The molecule has 2 aromatic rings. The van der Waals surface area contributed by atoms with Gasteiger partial charge in [0.05, 0.1) is 12.1 Å². The molecule has 3 rings (SSSR count). The third-order valence-electron chi connectivity index (χ3n) is 3.95. The summed E-state index contributed by atoms with van der Waals surface area (Å²) in [7, 11) is 0. The lowest BCUT2D eigenvalue weighted by molar-refractivity contribution is 0.248. The average molecular weight is 272 g/mol. The molecule has 1 aromatic carbocycles. The van der Waals surface area contributed by atoms with Gasteiger partial charge in [0.2, 0.25) is 0 Å². The largest absolute Gasteiger partial charge is 0.396 e. The van der Waals surface area contributed by atoms with E-state index in [9.17, 15) is 0 Å². The molecule has 0 bridgehead atoms. The van der Waals surface area contributed by atoms with Gasteiger partial charge >= 0.3 is 0 Å². The summed E-state index contributed by atoms with van der Waals surface area (Å²) in [5, 5.41) is 9.91. The van der Waals surface area contributed by atoms with Gasteiger partial charge in [-0.2, -0.15) is 0 Å². The SMILES string of the molecule is Nc1nc(CN2CCC(CCO)C2)nc2ccccc12. The smallest absolute Gasteiger partial charge is 0.145 e. The predicted molar refractivity (Wildman–Crippen MR) is 79.0 cm³/mol. The van der Waals surface area contributed by atoms with Crippen LogP contribution in [0.4, 0.5) is 5.82 Å². The van der Waals surface area contributed by atoms with Crippen molar-refractivity contribution in [3.05, 3.63) is 30.1 Å². The molecule has 106 valence electrons. The van der Waals surface area contributed by atoms with E-state index >= 15 is 0 Å². The number of benzene rings is 1. The first-order chi connectivity index (χ1) is 9.76. The normalized spacial score (nSPS) is 19.8. The van der Waals surface area contributed by atoms with E-state index in [1.807, 2.05) is 24.3 Å². The minimum Gasteiger partial charge on any atom is -0.396 e. The minimum atomic E-state index is 0.276. The topological polar surface area (TPSA) is 75.3 Å². The van der Waals surface area contributed by atoms with Crippen LogP contribution >= 0.6 is 0 Å². The van der Waals surface area contributed by atoms with Gasteiger partial charge in [-0.3, -0.25) is 4.90 Å². The summed E-state index contributed by atoms with van der Waals surface area (Å²) in [6.45, 7) is 3.06. The molecule has 0 aliphatic carbocycles.